The molecule has 0 aliphatic heterocycles. The first-order valence-electron chi connectivity index (χ1n) is 15.8. The third-order valence-electron chi connectivity index (χ3n) is 8.61. The molecule has 5 rings (SSSR count). The summed E-state index contributed by atoms with van der Waals surface area (Å²) >= 11 is 6.46. The van der Waals surface area contributed by atoms with E-state index >= 15 is 0 Å². The van der Waals surface area contributed by atoms with Gasteiger partial charge in [-0.2, -0.15) is 0 Å². The maximum atomic E-state index is 14.7. The highest BCUT2D eigenvalue weighted by atomic mass is 35.5. The summed E-state index contributed by atoms with van der Waals surface area (Å²) in [6.07, 6.45) is 4.11. The molecule has 10 heteroatoms. The molecule has 1 atom stereocenters. The van der Waals surface area contributed by atoms with Gasteiger partial charge in [-0.25, -0.2) is 8.42 Å². The van der Waals surface area contributed by atoms with E-state index in [1.807, 2.05) is 61.5 Å². The predicted octanol–water partition coefficient (Wildman–Crippen LogP) is 6.55. The Bertz CT molecular complexity index is 1780. The van der Waals surface area contributed by atoms with Crippen LogP contribution in [-0.4, -0.2) is 50.9 Å². The summed E-state index contributed by atoms with van der Waals surface area (Å²) in [5.41, 5.74) is 2.89. The summed E-state index contributed by atoms with van der Waals surface area (Å²) in [7, 11) is -2.77. The number of rotatable bonds is 13. The van der Waals surface area contributed by atoms with Gasteiger partial charge in [-0.1, -0.05) is 97.2 Å². The van der Waals surface area contributed by atoms with Gasteiger partial charge in [0.15, 0.2) is 0 Å². The summed E-state index contributed by atoms with van der Waals surface area (Å²) in [6, 6.07) is 28.9. The van der Waals surface area contributed by atoms with Crippen LogP contribution in [0, 0.1) is 6.92 Å². The van der Waals surface area contributed by atoms with Crippen LogP contribution in [-0.2, 0) is 32.6 Å². The molecule has 1 fully saturated rings. The van der Waals surface area contributed by atoms with Gasteiger partial charge >= 0.3 is 0 Å². The van der Waals surface area contributed by atoms with E-state index in [0.717, 1.165) is 46.7 Å². The zero-order valence-electron chi connectivity index (χ0n) is 26.6. The van der Waals surface area contributed by atoms with E-state index in [9.17, 15) is 18.0 Å². The molecule has 0 heterocycles. The molecule has 47 heavy (non-hydrogen) atoms. The fourth-order valence-corrected chi connectivity index (χ4v) is 7.63. The highest BCUT2D eigenvalue weighted by molar-refractivity contribution is 7.92. The van der Waals surface area contributed by atoms with Crippen molar-refractivity contribution in [1.82, 2.24) is 10.2 Å². The van der Waals surface area contributed by atoms with E-state index in [1.165, 1.54) is 30.2 Å². The van der Waals surface area contributed by atoms with Crippen LogP contribution >= 0.6 is 11.6 Å². The van der Waals surface area contributed by atoms with Gasteiger partial charge in [0.25, 0.3) is 10.0 Å². The van der Waals surface area contributed by atoms with Gasteiger partial charge in [-0.3, -0.25) is 13.9 Å². The van der Waals surface area contributed by atoms with E-state index in [-0.39, 0.29) is 40.5 Å². The number of halogens is 1. The maximum Gasteiger partial charge on any atom is 0.264 e. The van der Waals surface area contributed by atoms with E-state index in [1.54, 1.807) is 30.3 Å². The summed E-state index contributed by atoms with van der Waals surface area (Å²) in [4.78, 5) is 30.4. The van der Waals surface area contributed by atoms with Crippen LogP contribution in [0.25, 0.3) is 0 Å². The van der Waals surface area contributed by atoms with E-state index in [4.69, 9.17) is 16.3 Å². The van der Waals surface area contributed by atoms with Gasteiger partial charge in [0.05, 0.1) is 22.7 Å². The summed E-state index contributed by atoms with van der Waals surface area (Å²) in [5.74, 6) is -0.415. The van der Waals surface area contributed by atoms with Crippen LogP contribution in [0.5, 0.6) is 5.75 Å². The lowest BCUT2D eigenvalue weighted by Crippen LogP contribution is -2.54. The number of anilines is 1. The number of amides is 2. The first-order chi connectivity index (χ1) is 22.7. The van der Waals surface area contributed by atoms with Crippen molar-refractivity contribution in [2.24, 2.45) is 0 Å². The third-order valence-corrected chi connectivity index (χ3v) is 10.7. The van der Waals surface area contributed by atoms with Crippen molar-refractivity contribution in [3.63, 3.8) is 0 Å². The van der Waals surface area contributed by atoms with Crippen molar-refractivity contribution in [2.45, 2.75) is 62.6 Å². The molecular weight excluding hydrogens is 634 g/mol. The van der Waals surface area contributed by atoms with Gasteiger partial charge in [0.1, 0.15) is 18.3 Å². The molecule has 0 unspecified atom stereocenters. The Morgan fingerprint density at radius 3 is 2.19 bits per heavy atom. The van der Waals surface area contributed by atoms with Gasteiger partial charge in [-0.15, -0.1) is 0 Å². The topological polar surface area (TPSA) is 96.0 Å². The first kappa shape index (κ1) is 34.0. The molecule has 1 aliphatic carbocycles. The molecule has 8 nitrogen and oxygen atoms in total. The van der Waals surface area contributed by atoms with Crippen LogP contribution in [0.1, 0.15) is 42.4 Å². The summed E-state index contributed by atoms with van der Waals surface area (Å²) in [5, 5.41) is 3.39. The highest BCUT2D eigenvalue weighted by Gasteiger charge is 2.36. The number of nitrogens with one attached hydrogen (secondary N) is 1. The van der Waals surface area contributed by atoms with E-state index < -0.39 is 28.5 Å². The van der Waals surface area contributed by atoms with Gasteiger partial charge in [-0.05, 0) is 66.8 Å². The quantitative estimate of drug-likeness (QED) is 0.174. The average molecular weight is 674 g/mol. The second-order valence-electron chi connectivity index (χ2n) is 11.8. The van der Waals surface area contributed by atoms with Crippen LogP contribution in [0.4, 0.5) is 5.69 Å². The standard InChI is InChI=1S/C37H40ClN3O5S/c1-27-13-9-10-16-29(27)25-40(34(23-28-14-5-3-6-15-28)37(43)39-30-17-11-12-18-30)36(42)26-41(31-21-22-35(46-2)33(38)24-31)47(44,45)32-19-7-4-8-20-32/h3-10,13-16,19-22,24,30,34H,11-12,17-18,23,25-26H2,1-2H3,(H,39,43)/t34-/m0/s1. The molecule has 0 radical (unpaired) electrons. The number of aryl methyl sites for hydroxylation is 1. The molecule has 4 aromatic carbocycles. The molecule has 0 bridgehead atoms. The van der Waals surface area contributed by atoms with Crippen molar-refractivity contribution in [1.29, 1.82) is 0 Å². The first-order valence-corrected chi connectivity index (χ1v) is 17.6. The zero-order chi connectivity index (χ0) is 33.4. The van der Waals surface area contributed by atoms with Crippen LogP contribution < -0.4 is 14.4 Å². The largest absolute Gasteiger partial charge is 0.495 e. The Morgan fingerprint density at radius 2 is 1.55 bits per heavy atom. The van der Waals surface area contributed by atoms with Crippen LogP contribution in [0.2, 0.25) is 5.02 Å². The Kier molecular flexibility index (Phi) is 11.2. The van der Waals surface area contributed by atoms with Crippen molar-refractivity contribution in [3.05, 3.63) is 125 Å². The zero-order valence-corrected chi connectivity index (χ0v) is 28.2. The van der Waals surface area contributed by atoms with Crippen molar-refractivity contribution in [3.8, 4) is 5.75 Å². The number of methoxy groups -OCH3 is 1. The number of sulfonamides is 1. The van der Waals surface area contributed by atoms with Crippen molar-refractivity contribution < 1.29 is 22.7 Å². The number of benzene rings is 4. The normalized spacial score (nSPS) is 13.9. The molecule has 0 spiro atoms. The maximum absolute atomic E-state index is 14.7. The molecule has 246 valence electrons. The minimum Gasteiger partial charge on any atom is -0.495 e. The Hall–Kier alpha value is -4.34. The predicted molar refractivity (Wildman–Crippen MR) is 185 cm³/mol. The minimum atomic E-state index is -4.24. The molecule has 2 amide bonds. The number of carbonyl (C=O) groups is 2. The Balaban J connectivity index is 1.58. The Labute approximate surface area is 282 Å². The van der Waals surface area contributed by atoms with Crippen molar-refractivity contribution >= 4 is 39.1 Å². The molecule has 1 saturated carbocycles. The van der Waals surface area contributed by atoms with E-state index in [0.29, 0.717) is 5.75 Å². The van der Waals surface area contributed by atoms with Crippen LogP contribution in [0.15, 0.2) is 108 Å². The lowest BCUT2D eigenvalue weighted by molar-refractivity contribution is -0.140. The SMILES string of the molecule is COc1ccc(N(CC(=O)N(Cc2ccccc2C)[C@@H](Cc2ccccc2)C(=O)NC2CCCC2)S(=O)(=O)c2ccccc2)cc1Cl. The molecule has 1 N–H and O–H groups in total. The van der Waals surface area contributed by atoms with E-state index in [2.05, 4.69) is 5.32 Å². The van der Waals surface area contributed by atoms with Crippen molar-refractivity contribution in [2.75, 3.05) is 18.0 Å². The molecule has 4 aromatic rings. The lowest BCUT2D eigenvalue weighted by Gasteiger charge is -2.34. The number of carbonyl (C=O) groups excluding carboxylic acids is 2. The third kappa shape index (κ3) is 8.34. The smallest absolute Gasteiger partial charge is 0.264 e. The number of hydrogen-bond acceptors (Lipinski definition) is 5. The van der Waals surface area contributed by atoms with Crippen LogP contribution in [0.3, 0.4) is 0 Å². The lowest BCUT2D eigenvalue weighted by atomic mass is 10.0. The Morgan fingerprint density at radius 1 is 0.915 bits per heavy atom. The van der Waals surface area contributed by atoms with Gasteiger partial charge in [0.2, 0.25) is 11.8 Å². The molecular formula is C37H40ClN3O5S. The van der Waals surface area contributed by atoms with Gasteiger partial charge in [0, 0.05) is 19.0 Å². The summed E-state index contributed by atoms with van der Waals surface area (Å²) in [6.45, 7) is 1.51. The number of hydrogen-bond donors (Lipinski definition) is 1. The monoisotopic (exact) mass is 673 g/mol. The highest BCUT2D eigenvalue weighted by Crippen LogP contribution is 2.32. The molecule has 0 saturated heterocycles. The average Bonchev–Trinajstić information content (AvgIpc) is 3.59. The number of ether oxygens (including phenoxy) is 1. The minimum absolute atomic E-state index is 0.0185. The second kappa shape index (κ2) is 15.5. The fourth-order valence-electron chi connectivity index (χ4n) is 5.95. The fraction of sp³-hybridized carbons (Fsp3) is 0.297. The number of nitrogens with zero attached hydrogens (tertiary/aromatic N) is 2. The summed E-state index contributed by atoms with van der Waals surface area (Å²) < 4.78 is 34.7. The molecule has 0 aromatic heterocycles. The second-order valence-corrected chi connectivity index (χ2v) is 14.1. The van der Waals surface area contributed by atoms with Gasteiger partial charge < -0.3 is 15.0 Å². The molecule has 1 aliphatic rings.